The molecule has 23 heavy (non-hydrogen) atoms. The van der Waals surface area contributed by atoms with Crippen LogP contribution >= 0.6 is 0 Å². The molecule has 120 valence electrons. The lowest BCUT2D eigenvalue weighted by molar-refractivity contribution is -0.220. The summed E-state index contributed by atoms with van der Waals surface area (Å²) >= 11 is 0. The molecule has 0 spiro atoms. The number of phenols is 1. The number of carbonyl (C=O) groups is 1. The third-order valence-corrected chi connectivity index (χ3v) is 3.68. The molecule has 0 fully saturated rings. The largest absolute Gasteiger partial charge is 0.507 e. The molecule has 1 aliphatic rings. The van der Waals surface area contributed by atoms with E-state index in [2.05, 4.69) is 0 Å². The predicted molar refractivity (Wildman–Crippen MR) is 79.4 cm³/mol. The summed E-state index contributed by atoms with van der Waals surface area (Å²) in [5, 5.41) is 29.3. The molecule has 1 aliphatic heterocycles. The minimum absolute atomic E-state index is 0.0173. The molecule has 0 radical (unpaired) electrons. The number of benzene rings is 2. The van der Waals surface area contributed by atoms with E-state index in [-0.39, 0.29) is 29.9 Å². The van der Waals surface area contributed by atoms with Crippen LogP contribution in [0.15, 0.2) is 42.5 Å². The molecule has 3 rings (SSSR count). The van der Waals surface area contributed by atoms with Crippen LogP contribution < -0.4 is 0 Å². The number of carbonyl (C=O) groups excluding carboxylic acids is 1. The Kier molecular flexibility index (Phi) is 4.29. The summed E-state index contributed by atoms with van der Waals surface area (Å²) in [5.41, 5.74) is 1.45. The van der Waals surface area contributed by atoms with Crippen molar-refractivity contribution < 1.29 is 29.6 Å². The molecule has 1 heterocycles. The number of ether oxygens (including phenoxy) is 2. The van der Waals surface area contributed by atoms with E-state index >= 15 is 0 Å². The van der Waals surface area contributed by atoms with Gasteiger partial charge in [-0.15, -0.1) is 0 Å². The van der Waals surface area contributed by atoms with Crippen LogP contribution in [-0.2, 0) is 22.5 Å². The molecule has 2 unspecified atom stereocenters. The first kappa shape index (κ1) is 15.5. The number of aliphatic hydroxyl groups is 2. The van der Waals surface area contributed by atoms with Crippen molar-refractivity contribution >= 4 is 5.97 Å². The fourth-order valence-corrected chi connectivity index (χ4v) is 2.58. The van der Waals surface area contributed by atoms with Gasteiger partial charge in [0, 0.05) is 6.42 Å². The van der Waals surface area contributed by atoms with Crippen LogP contribution in [0.5, 0.6) is 5.75 Å². The topological polar surface area (TPSA) is 96.2 Å². The summed E-state index contributed by atoms with van der Waals surface area (Å²) < 4.78 is 10.1. The van der Waals surface area contributed by atoms with Gasteiger partial charge in [0.2, 0.25) is 0 Å². The van der Waals surface area contributed by atoms with Crippen molar-refractivity contribution in [1.82, 2.24) is 0 Å². The zero-order chi connectivity index (χ0) is 16.4. The second-order valence-corrected chi connectivity index (χ2v) is 5.23. The van der Waals surface area contributed by atoms with Gasteiger partial charge < -0.3 is 24.8 Å². The van der Waals surface area contributed by atoms with Crippen molar-refractivity contribution in [3.8, 4) is 5.75 Å². The lowest BCUT2D eigenvalue weighted by Crippen LogP contribution is -2.27. The van der Waals surface area contributed by atoms with E-state index < -0.39 is 18.5 Å². The molecular formula is C17H16O6. The number of esters is 1. The highest BCUT2D eigenvalue weighted by Crippen LogP contribution is 2.36. The summed E-state index contributed by atoms with van der Waals surface area (Å²) in [6.45, 7) is 0.108. The van der Waals surface area contributed by atoms with Gasteiger partial charge in [-0.05, 0) is 23.3 Å². The normalized spacial score (nSPS) is 19.9. The van der Waals surface area contributed by atoms with Gasteiger partial charge in [-0.3, -0.25) is 0 Å². The van der Waals surface area contributed by atoms with Crippen LogP contribution in [-0.4, -0.2) is 27.6 Å². The third kappa shape index (κ3) is 3.19. The van der Waals surface area contributed by atoms with Gasteiger partial charge in [-0.1, -0.05) is 30.3 Å². The van der Waals surface area contributed by atoms with Crippen molar-refractivity contribution in [2.45, 2.75) is 25.6 Å². The number of phenolic OH excluding ortho intramolecular Hbond substituents is 1. The molecule has 0 bridgehead atoms. The van der Waals surface area contributed by atoms with Crippen LogP contribution in [0.1, 0.15) is 33.3 Å². The second kappa shape index (κ2) is 6.37. The quantitative estimate of drug-likeness (QED) is 0.745. The molecule has 6 heteroatoms. The summed E-state index contributed by atoms with van der Waals surface area (Å²) in [4.78, 5) is 12.3. The molecule has 0 aliphatic carbocycles. The Balaban J connectivity index is 1.85. The zero-order valence-corrected chi connectivity index (χ0v) is 12.2. The van der Waals surface area contributed by atoms with Crippen LogP contribution in [0.25, 0.3) is 0 Å². The average Bonchev–Trinajstić information content (AvgIpc) is 2.53. The van der Waals surface area contributed by atoms with Crippen LogP contribution in [0.4, 0.5) is 0 Å². The first-order chi connectivity index (χ1) is 11.1. The summed E-state index contributed by atoms with van der Waals surface area (Å²) in [6.07, 6.45) is -2.76. The highest BCUT2D eigenvalue weighted by Gasteiger charge is 2.31. The van der Waals surface area contributed by atoms with Crippen molar-refractivity contribution in [1.29, 1.82) is 0 Å². The molecule has 3 N–H and O–H groups in total. The lowest BCUT2D eigenvalue weighted by Gasteiger charge is -2.28. The number of aliphatic hydroxyl groups excluding tert-OH is 2. The van der Waals surface area contributed by atoms with E-state index in [0.29, 0.717) is 5.56 Å². The molecule has 0 aromatic heterocycles. The van der Waals surface area contributed by atoms with Crippen molar-refractivity contribution in [3.05, 3.63) is 64.7 Å². The minimum Gasteiger partial charge on any atom is -0.507 e. The third-order valence-electron chi connectivity index (χ3n) is 3.68. The Morgan fingerprint density at radius 1 is 1.17 bits per heavy atom. The van der Waals surface area contributed by atoms with E-state index in [9.17, 15) is 20.1 Å². The standard InChI is InChI=1S/C17H16O6/c18-13-7-6-11(12-8-14(19)23-17(21)15(12)13)16(20)22-9-10-4-2-1-3-5-10/h1-7,14,17-19,21H,8-9H2. The molecule has 6 nitrogen and oxygen atoms in total. The molecule has 0 amide bonds. The van der Waals surface area contributed by atoms with E-state index in [4.69, 9.17) is 9.47 Å². The van der Waals surface area contributed by atoms with E-state index in [1.165, 1.54) is 12.1 Å². The Labute approximate surface area is 132 Å². The number of fused-ring (bicyclic) bond motifs is 1. The van der Waals surface area contributed by atoms with Gasteiger partial charge >= 0.3 is 5.97 Å². The van der Waals surface area contributed by atoms with Gasteiger partial charge in [0.15, 0.2) is 12.6 Å². The molecule has 0 saturated carbocycles. The molecule has 2 atom stereocenters. The number of aromatic hydroxyl groups is 1. The SMILES string of the molecule is O=C(OCc1ccccc1)c1ccc(O)c2c1CC(O)OC2O. The fourth-order valence-electron chi connectivity index (χ4n) is 2.58. The number of hydrogen-bond donors (Lipinski definition) is 3. The van der Waals surface area contributed by atoms with Gasteiger partial charge in [-0.25, -0.2) is 4.79 Å². The van der Waals surface area contributed by atoms with Crippen molar-refractivity contribution in [2.75, 3.05) is 0 Å². The summed E-state index contributed by atoms with van der Waals surface area (Å²) in [5.74, 6) is -0.787. The number of rotatable bonds is 3. The van der Waals surface area contributed by atoms with Crippen molar-refractivity contribution in [3.63, 3.8) is 0 Å². The highest BCUT2D eigenvalue weighted by atomic mass is 16.7. The fraction of sp³-hybridized carbons (Fsp3) is 0.235. The smallest absolute Gasteiger partial charge is 0.338 e. The molecule has 2 aromatic carbocycles. The van der Waals surface area contributed by atoms with Crippen LogP contribution in [0.3, 0.4) is 0 Å². The van der Waals surface area contributed by atoms with Gasteiger partial charge in [0.25, 0.3) is 0 Å². The maximum atomic E-state index is 12.3. The van der Waals surface area contributed by atoms with Gasteiger partial charge in [0.1, 0.15) is 12.4 Å². The second-order valence-electron chi connectivity index (χ2n) is 5.23. The molecule has 2 aromatic rings. The van der Waals surface area contributed by atoms with Crippen LogP contribution in [0, 0.1) is 0 Å². The highest BCUT2D eigenvalue weighted by molar-refractivity contribution is 5.92. The first-order valence-corrected chi connectivity index (χ1v) is 7.13. The maximum Gasteiger partial charge on any atom is 0.338 e. The van der Waals surface area contributed by atoms with Gasteiger partial charge in [-0.2, -0.15) is 0 Å². The van der Waals surface area contributed by atoms with E-state index in [1.807, 2.05) is 30.3 Å². The van der Waals surface area contributed by atoms with E-state index in [0.717, 1.165) is 5.56 Å². The van der Waals surface area contributed by atoms with E-state index in [1.54, 1.807) is 0 Å². The summed E-state index contributed by atoms with van der Waals surface area (Å²) in [7, 11) is 0. The predicted octanol–water partition coefficient (Wildman–Crippen LogP) is 1.63. The zero-order valence-electron chi connectivity index (χ0n) is 12.2. The Morgan fingerprint density at radius 3 is 2.65 bits per heavy atom. The molecular weight excluding hydrogens is 300 g/mol. The van der Waals surface area contributed by atoms with Crippen molar-refractivity contribution in [2.24, 2.45) is 0 Å². The molecule has 0 saturated heterocycles. The van der Waals surface area contributed by atoms with Crippen LogP contribution in [0.2, 0.25) is 0 Å². The Morgan fingerprint density at radius 2 is 1.91 bits per heavy atom. The Bertz CT molecular complexity index is 713. The average molecular weight is 316 g/mol. The monoisotopic (exact) mass is 316 g/mol. The Hall–Kier alpha value is -2.41. The summed E-state index contributed by atoms with van der Waals surface area (Å²) in [6, 6.07) is 11.9. The maximum absolute atomic E-state index is 12.3. The first-order valence-electron chi connectivity index (χ1n) is 7.13. The number of hydrogen-bond acceptors (Lipinski definition) is 6. The van der Waals surface area contributed by atoms with Gasteiger partial charge in [0.05, 0.1) is 11.1 Å². The minimum atomic E-state index is -1.49. The lowest BCUT2D eigenvalue weighted by atomic mass is 9.94.